The molecule has 0 saturated heterocycles. The average molecular weight is 384 g/mol. The standard InChI is InChI=1S/C19H20N4O3S/c1-21(2)16-5-6-22-10-15(16)17-18(27-22)19(24)23(11-20-17)12-7-13(25-3)9-14(8-12)26-4/h5-9,11H,10H2,1-4H3. The van der Waals surface area contributed by atoms with Crippen molar-refractivity contribution >= 4 is 17.5 Å². The van der Waals surface area contributed by atoms with Crippen LogP contribution in [0.2, 0.25) is 0 Å². The maximum Gasteiger partial charge on any atom is 0.274 e. The highest BCUT2D eigenvalue weighted by atomic mass is 32.2. The molecule has 1 aromatic carbocycles. The number of methoxy groups -OCH3 is 2. The van der Waals surface area contributed by atoms with Crippen molar-refractivity contribution in [3.05, 3.63) is 58.5 Å². The Kier molecular flexibility index (Phi) is 4.35. The van der Waals surface area contributed by atoms with Gasteiger partial charge in [-0.3, -0.25) is 9.36 Å². The van der Waals surface area contributed by atoms with Gasteiger partial charge in [-0.2, -0.15) is 0 Å². The van der Waals surface area contributed by atoms with E-state index in [1.54, 1.807) is 38.7 Å². The Morgan fingerprint density at radius 1 is 1.15 bits per heavy atom. The fourth-order valence-electron chi connectivity index (χ4n) is 3.19. The Labute approximate surface area is 161 Å². The lowest BCUT2D eigenvalue weighted by molar-refractivity contribution is 0.394. The molecule has 2 aliphatic heterocycles. The van der Waals surface area contributed by atoms with Crippen molar-refractivity contribution in [2.45, 2.75) is 4.90 Å². The SMILES string of the molecule is COc1cc(OC)cc(-n2cnc3c(c2=O)SN2C=CC(N(C)C)=C3C2)c1. The first-order chi connectivity index (χ1) is 13.0. The molecule has 0 fully saturated rings. The lowest BCUT2D eigenvalue weighted by Crippen LogP contribution is -2.31. The van der Waals surface area contributed by atoms with Crippen LogP contribution in [0, 0.1) is 0 Å². The summed E-state index contributed by atoms with van der Waals surface area (Å²) in [4.78, 5) is 20.6. The van der Waals surface area contributed by atoms with Crippen molar-refractivity contribution in [1.82, 2.24) is 18.8 Å². The Bertz CT molecular complexity index is 1000. The molecule has 3 heterocycles. The first kappa shape index (κ1) is 17.5. The van der Waals surface area contributed by atoms with Crippen LogP contribution >= 0.6 is 11.9 Å². The summed E-state index contributed by atoms with van der Waals surface area (Å²) in [5, 5.41) is 0. The highest BCUT2D eigenvalue weighted by Crippen LogP contribution is 2.39. The second-order valence-corrected chi connectivity index (χ2v) is 7.47. The topological polar surface area (TPSA) is 59.8 Å². The molecular weight excluding hydrogens is 364 g/mol. The number of ether oxygens (including phenoxy) is 2. The monoisotopic (exact) mass is 384 g/mol. The molecule has 0 amide bonds. The van der Waals surface area contributed by atoms with Crippen LogP contribution in [0.25, 0.3) is 11.3 Å². The van der Waals surface area contributed by atoms with E-state index in [2.05, 4.69) is 11.1 Å². The molecule has 0 atom stereocenters. The molecule has 2 aliphatic rings. The number of allylic oxidation sites excluding steroid dienone is 1. The first-order valence-electron chi connectivity index (χ1n) is 8.40. The van der Waals surface area contributed by atoms with Crippen LogP contribution in [-0.2, 0) is 0 Å². The summed E-state index contributed by atoms with van der Waals surface area (Å²) in [5.74, 6) is 1.23. The van der Waals surface area contributed by atoms with Gasteiger partial charge in [0.05, 0.1) is 32.1 Å². The van der Waals surface area contributed by atoms with Crippen molar-refractivity contribution in [2.75, 3.05) is 34.9 Å². The molecule has 0 aliphatic carbocycles. The fourth-order valence-corrected chi connectivity index (χ4v) is 4.18. The van der Waals surface area contributed by atoms with Crippen LogP contribution in [0.4, 0.5) is 0 Å². The van der Waals surface area contributed by atoms with E-state index >= 15 is 0 Å². The van der Waals surface area contributed by atoms with Gasteiger partial charge < -0.3 is 18.7 Å². The Balaban J connectivity index is 1.89. The third kappa shape index (κ3) is 2.95. The molecule has 2 aromatic rings. The van der Waals surface area contributed by atoms with Crippen LogP contribution < -0.4 is 15.0 Å². The van der Waals surface area contributed by atoms with Crippen LogP contribution in [0.3, 0.4) is 0 Å². The summed E-state index contributed by atoms with van der Waals surface area (Å²) in [6.07, 6.45) is 5.62. The highest BCUT2D eigenvalue weighted by molar-refractivity contribution is 7.97. The van der Waals surface area contributed by atoms with Gasteiger partial charge >= 0.3 is 0 Å². The number of hydrogen-bond donors (Lipinski definition) is 0. The third-order valence-corrected chi connectivity index (χ3v) is 5.58. The quantitative estimate of drug-likeness (QED) is 0.750. The van der Waals surface area contributed by atoms with E-state index in [-0.39, 0.29) is 5.56 Å². The molecular formula is C19H20N4O3S. The van der Waals surface area contributed by atoms with Crippen molar-refractivity contribution in [2.24, 2.45) is 0 Å². The largest absolute Gasteiger partial charge is 0.497 e. The van der Waals surface area contributed by atoms with Gasteiger partial charge in [-0.25, -0.2) is 4.98 Å². The van der Waals surface area contributed by atoms with Crippen molar-refractivity contribution in [1.29, 1.82) is 0 Å². The van der Waals surface area contributed by atoms with E-state index in [4.69, 9.17) is 9.47 Å². The summed E-state index contributed by atoms with van der Waals surface area (Å²) >= 11 is 1.42. The van der Waals surface area contributed by atoms with Crippen molar-refractivity contribution < 1.29 is 9.47 Å². The Morgan fingerprint density at radius 3 is 2.48 bits per heavy atom. The van der Waals surface area contributed by atoms with E-state index < -0.39 is 0 Å². The van der Waals surface area contributed by atoms with Gasteiger partial charge in [-0.1, -0.05) is 0 Å². The molecule has 7 nitrogen and oxygen atoms in total. The zero-order valence-corrected chi connectivity index (χ0v) is 16.4. The van der Waals surface area contributed by atoms with Crippen LogP contribution in [0.5, 0.6) is 11.5 Å². The van der Waals surface area contributed by atoms with Gasteiger partial charge in [0.2, 0.25) is 0 Å². The average Bonchev–Trinajstić information content (AvgIpc) is 2.68. The number of fused-ring (bicyclic) bond motifs is 4. The summed E-state index contributed by atoms with van der Waals surface area (Å²) in [5.41, 5.74) is 3.41. The zero-order chi connectivity index (χ0) is 19.1. The summed E-state index contributed by atoms with van der Waals surface area (Å²) in [6.45, 7) is 0.727. The molecule has 0 saturated carbocycles. The predicted molar refractivity (Wildman–Crippen MR) is 105 cm³/mol. The van der Waals surface area contributed by atoms with Crippen LogP contribution in [-0.4, -0.2) is 53.6 Å². The second kappa shape index (κ2) is 6.70. The number of likely N-dealkylation sites (N-methyl/N-ethyl adjacent to an activating group) is 1. The summed E-state index contributed by atoms with van der Waals surface area (Å²) in [7, 11) is 7.15. The molecule has 0 spiro atoms. The smallest absolute Gasteiger partial charge is 0.274 e. The number of benzene rings is 1. The van der Waals surface area contributed by atoms with Gasteiger partial charge in [0, 0.05) is 49.8 Å². The number of nitrogens with zero attached hydrogens (tertiary/aromatic N) is 4. The lowest BCUT2D eigenvalue weighted by Gasteiger charge is -2.33. The lowest BCUT2D eigenvalue weighted by atomic mass is 10.1. The molecule has 27 heavy (non-hydrogen) atoms. The first-order valence-corrected chi connectivity index (χ1v) is 9.18. The summed E-state index contributed by atoms with van der Waals surface area (Å²) < 4.78 is 14.2. The second-order valence-electron chi connectivity index (χ2n) is 6.41. The van der Waals surface area contributed by atoms with Gasteiger partial charge in [0.15, 0.2) is 0 Å². The van der Waals surface area contributed by atoms with E-state index in [0.29, 0.717) is 22.1 Å². The van der Waals surface area contributed by atoms with E-state index in [1.165, 1.54) is 16.5 Å². The third-order valence-electron chi connectivity index (χ3n) is 4.54. The van der Waals surface area contributed by atoms with E-state index in [1.807, 2.05) is 29.5 Å². The minimum Gasteiger partial charge on any atom is -0.497 e. The molecule has 2 bridgehead atoms. The van der Waals surface area contributed by atoms with Crippen LogP contribution in [0.15, 0.2) is 52.2 Å². The Hall–Kier alpha value is -2.87. The summed E-state index contributed by atoms with van der Waals surface area (Å²) in [6, 6.07) is 5.35. The number of hydrogen-bond acceptors (Lipinski definition) is 7. The zero-order valence-electron chi connectivity index (χ0n) is 15.6. The fraction of sp³-hybridized carbons (Fsp3) is 0.263. The van der Waals surface area contributed by atoms with Crippen molar-refractivity contribution in [3.8, 4) is 17.2 Å². The molecule has 1 aromatic heterocycles. The molecule has 140 valence electrons. The van der Waals surface area contributed by atoms with Gasteiger partial charge in [-0.05, 0) is 18.0 Å². The van der Waals surface area contributed by atoms with Gasteiger partial charge in [-0.15, -0.1) is 0 Å². The minimum atomic E-state index is -0.115. The number of rotatable bonds is 4. The van der Waals surface area contributed by atoms with E-state index in [0.717, 1.165) is 23.5 Å². The Morgan fingerprint density at radius 2 is 1.85 bits per heavy atom. The van der Waals surface area contributed by atoms with E-state index in [9.17, 15) is 4.79 Å². The minimum absolute atomic E-state index is 0.115. The van der Waals surface area contributed by atoms with Gasteiger partial charge in [0.1, 0.15) is 22.7 Å². The van der Waals surface area contributed by atoms with Crippen LogP contribution in [0.1, 0.15) is 5.69 Å². The van der Waals surface area contributed by atoms with Crippen molar-refractivity contribution in [3.63, 3.8) is 0 Å². The maximum atomic E-state index is 13.3. The van der Waals surface area contributed by atoms with Gasteiger partial charge in [0.25, 0.3) is 5.56 Å². The normalized spacial score (nSPS) is 14.9. The molecule has 0 unspecified atom stereocenters. The predicted octanol–water partition coefficient (Wildman–Crippen LogP) is 2.37. The highest BCUT2D eigenvalue weighted by Gasteiger charge is 2.29. The maximum absolute atomic E-state index is 13.3. The molecule has 4 rings (SSSR count). The molecule has 8 heteroatoms. The number of aromatic nitrogens is 2. The molecule has 0 N–H and O–H groups in total. The molecule has 0 radical (unpaired) electrons.